The molecule has 10 heteroatoms. The van der Waals surface area contributed by atoms with Crippen LogP contribution in [0.15, 0.2) is 48.5 Å². The molecule has 0 saturated carbocycles. The summed E-state index contributed by atoms with van der Waals surface area (Å²) in [6.45, 7) is 13.2. The van der Waals surface area contributed by atoms with E-state index < -0.39 is 39.4 Å². The lowest BCUT2D eigenvalue weighted by atomic mass is 9.90. The first kappa shape index (κ1) is 33.4. The van der Waals surface area contributed by atoms with Crippen molar-refractivity contribution < 1.29 is 32.2 Å². The van der Waals surface area contributed by atoms with Crippen LogP contribution in [-0.4, -0.2) is 67.6 Å². The second kappa shape index (κ2) is 13.9. The lowest BCUT2D eigenvalue weighted by molar-refractivity contribution is -0.155. The van der Waals surface area contributed by atoms with E-state index >= 15 is 0 Å². The van der Waals surface area contributed by atoms with Gasteiger partial charge in [0.05, 0.1) is 24.8 Å². The number of amides is 1. The number of ether oxygens (including phenoxy) is 3. The fourth-order valence-electron chi connectivity index (χ4n) is 4.88. The van der Waals surface area contributed by atoms with Crippen LogP contribution in [0.3, 0.4) is 0 Å². The molecule has 1 fully saturated rings. The Bertz CT molecular complexity index is 1330. The fourth-order valence-corrected chi connectivity index (χ4v) is 5.79. The van der Waals surface area contributed by atoms with Crippen molar-refractivity contribution in [1.29, 1.82) is 0 Å². The fraction of sp³-hybridized carbons (Fsp3) is 0.562. The Morgan fingerprint density at radius 2 is 1.67 bits per heavy atom. The SMILES string of the molecule is CCS(=O)(=O)NC1CCCN(C(=O)OC(C)(C)C)C1Cc1cccc(-c2ccccc2OCCC(=O)OC(C)(C)C)c1. The van der Waals surface area contributed by atoms with Gasteiger partial charge in [-0.1, -0.05) is 42.5 Å². The second-order valence-electron chi connectivity index (χ2n) is 12.6. The van der Waals surface area contributed by atoms with Crippen LogP contribution < -0.4 is 9.46 Å². The van der Waals surface area contributed by atoms with E-state index in [4.69, 9.17) is 14.2 Å². The topological polar surface area (TPSA) is 111 Å². The maximum absolute atomic E-state index is 13.2. The van der Waals surface area contributed by atoms with E-state index in [1.807, 2.05) is 90.1 Å². The average Bonchev–Trinajstić information content (AvgIpc) is 2.88. The Hall–Kier alpha value is -3.11. The van der Waals surface area contributed by atoms with Crippen molar-refractivity contribution in [3.63, 3.8) is 0 Å². The molecule has 0 spiro atoms. The number of benzene rings is 2. The molecule has 0 aromatic heterocycles. The van der Waals surface area contributed by atoms with Gasteiger partial charge < -0.3 is 19.1 Å². The molecule has 1 heterocycles. The molecule has 2 aromatic rings. The first-order chi connectivity index (χ1) is 19.6. The number of sulfonamides is 1. The van der Waals surface area contributed by atoms with Crippen molar-refractivity contribution in [1.82, 2.24) is 9.62 Å². The summed E-state index contributed by atoms with van der Waals surface area (Å²) in [5, 5.41) is 0. The molecule has 1 aliphatic heterocycles. The first-order valence-corrected chi connectivity index (χ1v) is 16.2. The molecule has 2 unspecified atom stereocenters. The molecule has 0 radical (unpaired) electrons. The van der Waals surface area contributed by atoms with Crippen molar-refractivity contribution in [2.45, 2.75) is 97.4 Å². The highest BCUT2D eigenvalue weighted by Gasteiger charge is 2.38. The standard InChI is InChI=1S/C32H46N2O7S/c1-8-42(37,38)33-26-16-12-19-34(30(36)41-32(5,6)7)27(26)22-23-13-11-14-24(21-23)25-15-9-10-17-28(25)39-20-18-29(35)40-31(2,3)4/h9-11,13-15,17,21,26-27,33H,8,12,16,18-20,22H2,1-7H3. The van der Waals surface area contributed by atoms with Gasteiger partial charge in [-0.3, -0.25) is 4.79 Å². The highest BCUT2D eigenvalue weighted by Crippen LogP contribution is 2.32. The van der Waals surface area contributed by atoms with Crippen LogP contribution in [0.1, 0.15) is 73.3 Å². The summed E-state index contributed by atoms with van der Waals surface area (Å²) in [4.78, 5) is 27.0. The zero-order chi connectivity index (χ0) is 31.1. The maximum Gasteiger partial charge on any atom is 0.410 e. The van der Waals surface area contributed by atoms with E-state index in [-0.39, 0.29) is 24.7 Å². The number of nitrogens with zero attached hydrogens (tertiary/aromatic N) is 1. The van der Waals surface area contributed by atoms with Crippen LogP contribution >= 0.6 is 0 Å². The Balaban J connectivity index is 1.85. The van der Waals surface area contributed by atoms with Gasteiger partial charge in [-0.15, -0.1) is 0 Å². The number of rotatable bonds is 10. The number of likely N-dealkylation sites (tertiary alicyclic amines) is 1. The van der Waals surface area contributed by atoms with Crippen molar-refractivity contribution in [2.24, 2.45) is 0 Å². The summed E-state index contributed by atoms with van der Waals surface area (Å²) in [6, 6.07) is 14.7. The number of piperidine rings is 1. The molecule has 1 saturated heterocycles. The van der Waals surface area contributed by atoms with Gasteiger partial charge in [0.25, 0.3) is 0 Å². The number of para-hydroxylation sites is 1. The van der Waals surface area contributed by atoms with E-state index in [0.29, 0.717) is 31.6 Å². The molecule has 3 rings (SSSR count). The van der Waals surface area contributed by atoms with E-state index in [1.165, 1.54) is 0 Å². The zero-order valence-electron chi connectivity index (χ0n) is 25.9. The smallest absolute Gasteiger partial charge is 0.410 e. The number of carbonyl (C=O) groups excluding carboxylic acids is 2. The third-order valence-electron chi connectivity index (χ3n) is 6.67. The first-order valence-electron chi connectivity index (χ1n) is 14.6. The Morgan fingerprint density at radius 3 is 2.33 bits per heavy atom. The van der Waals surface area contributed by atoms with Crippen molar-refractivity contribution in [3.8, 4) is 16.9 Å². The minimum atomic E-state index is -3.49. The maximum atomic E-state index is 13.2. The minimum absolute atomic E-state index is 0.0388. The Kier molecular flexibility index (Phi) is 11.1. The quantitative estimate of drug-likeness (QED) is 0.347. The Morgan fingerprint density at radius 1 is 0.976 bits per heavy atom. The van der Waals surface area contributed by atoms with Crippen molar-refractivity contribution in [2.75, 3.05) is 18.9 Å². The number of hydrogen-bond acceptors (Lipinski definition) is 7. The molecule has 0 aliphatic carbocycles. The molecule has 232 valence electrons. The van der Waals surface area contributed by atoms with Crippen LogP contribution in [-0.2, 0) is 30.7 Å². The van der Waals surface area contributed by atoms with Gasteiger partial charge in [-0.2, -0.15) is 0 Å². The van der Waals surface area contributed by atoms with E-state index in [0.717, 1.165) is 16.7 Å². The number of esters is 1. The van der Waals surface area contributed by atoms with Gasteiger partial charge in [0.15, 0.2) is 0 Å². The number of nitrogens with one attached hydrogen (secondary N) is 1. The summed E-state index contributed by atoms with van der Waals surface area (Å²) < 4.78 is 45.0. The summed E-state index contributed by atoms with van der Waals surface area (Å²) in [7, 11) is -3.49. The van der Waals surface area contributed by atoms with E-state index in [2.05, 4.69) is 4.72 Å². The Labute approximate surface area is 251 Å². The predicted molar refractivity (Wildman–Crippen MR) is 164 cm³/mol. The third-order valence-corrected chi connectivity index (χ3v) is 8.09. The number of carbonyl (C=O) groups is 2. The highest BCUT2D eigenvalue weighted by molar-refractivity contribution is 7.89. The zero-order valence-corrected chi connectivity index (χ0v) is 26.8. The molecule has 2 aromatic carbocycles. The lowest BCUT2D eigenvalue weighted by Crippen LogP contribution is -2.58. The normalized spacial score (nSPS) is 17.9. The summed E-state index contributed by atoms with van der Waals surface area (Å²) in [5.74, 6) is 0.278. The monoisotopic (exact) mass is 602 g/mol. The van der Waals surface area contributed by atoms with Crippen molar-refractivity contribution in [3.05, 3.63) is 54.1 Å². The van der Waals surface area contributed by atoms with Crippen LogP contribution in [0.2, 0.25) is 0 Å². The second-order valence-corrected chi connectivity index (χ2v) is 14.6. The van der Waals surface area contributed by atoms with Gasteiger partial charge in [0.2, 0.25) is 10.0 Å². The molecular weight excluding hydrogens is 556 g/mol. The van der Waals surface area contributed by atoms with Gasteiger partial charge in [-0.05, 0) is 84.9 Å². The van der Waals surface area contributed by atoms with E-state index in [9.17, 15) is 18.0 Å². The molecule has 2 atom stereocenters. The third kappa shape index (κ3) is 10.3. The molecule has 42 heavy (non-hydrogen) atoms. The molecule has 1 amide bonds. The van der Waals surface area contributed by atoms with Gasteiger partial charge >= 0.3 is 12.1 Å². The van der Waals surface area contributed by atoms with E-state index in [1.54, 1.807) is 11.8 Å². The average molecular weight is 603 g/mol. The van der Waals surface area contributed by atoms with Gasteiger partial charge in [0, 0.05) is 18.2 Å². The molecule has 0 bridgehead atoms. The molecule has 1 N–H and O–H groups in total. The van der Waals surface area contributed by atoms with Gasteiger partial charge in [0.1, 0.15) is 17.0 Å². The predicted octanol–water partition coefficient (Wildman–Crippen LogP) is 5.71. The van der Waals surface area contributed by atoms with Crippen LogP contribution in [0.5, 0.6) is 5.75 Å². The minimum Gasteiger partial charge on any atom is -0.492 e. The van der Waals surface area contributed by atoms with Crippen LogP contribution in [0.25, 0.3) is 11.1 Å². The summed E-state index contributed by atoms with van der Waals surface area (Å²) in [5.41, 5.74) is 1.48. The summed E-state index contributed by atoms with van der Waals surface area (Å²) in [6.07, 6.45) is 1.40. The molecule has 9 nitrogen and oxygen atoms in total. The highest BCUT2D eigenvalue weighted by atomic mass is 32.2. The van der Waals surface area contributed by atoms with Crippen LogP contribution in [0.4, 0.5) is 4.79 Å². The summed E-state index contributed by atoms with van der Waals surface area (Å²) >= 11 is 0. The number of hydrogen-bond donors (Lipinski definition) is 1. The van der Waals surface area contributed by atoms with Crippen molar-refractivity contribution >= 4 is 22.1 Å². The molecular formula is C32H46N2O7S. The van der Waals surface area contributed by atoms with Gasteiger partial charge in [-0.25, -0.2) is 17.9 Å². The van der Waals surface area contributed by atoms with Crippen LogP contribution in [0, 0.1) is 0 Å². The lowest BCUT2D eigenvalue weighted by Gasteiger charge is -2.42. The largest absolute Gasteiger partial charge is 0.492 e. The molecule has 1 aliphatic rings.